The van der Waals surface area contributed by atoms with E-state index in [4.69, 9.17) is 0 Å². The van der Waals surface area contributed by atoms with Gasteiger partial charge in [0.1, 0.15) is 12.6 Å². The molecule has 1 N–H and O–H groups in total. The minimum atomic E-state index is -4.07. The number of rotatable bonds is 13. The summed E-state index contributed by atoms with van der Waals surface area (Å²) in [6.45, 7) is 9.51. The number of nitrogens with one attached hydrogen (secondary N) is 1. The highest BCUT2D eigenvalue weighted by Gasteiger charge is 2.33. The van der Waals surface area contributed by atoms with Gasteiger partial charge in [-0.1, -0.05) is 80.9 Å². The maximum atomic E-state index is 14.1. The summed E-state index contributed by atoms with van der Waals surface area (Å²) in [5.41, 5.74) is 3.39. The Morgan fingerprint density at radius 3 is 1.98 bits per heavy atom. The average molecular weight is 564 g/mol. The van der Waals surface area contributed by atoms with Crippen molar-refractivity contribution in [1.29, 1.82) is 0 Å². The second-order valence-corrected chi connectivity index (χ2v) is 12.0. The van der Waals surface area contributed by atoms with Crippen LogP contribution in [-0.4, -0.2) is 43.8 Å². The van der Waals surface area contributed by atoms with Gasteiger partial charge in [0.15, 0.2) is 0 Å². The van der Waals surface area contributed by atoms with Crippen LogP contribution in [0.4, 0.5) is 5.69 Å². The van der Waals surface area contributed by atoms with E-state index >= 15 is 0 Å². The van der Waals surface area contributed by atoms with Crippen LogP contribution in [0.5, 0.6) is 0 Å². The molecule has 0 radical (unpaired) electrons. The van der Waals surface area contributed by atoms with Crippen molar-refractivity contribution in [2.75, 3.05) is 10.8 Å². The zero-order valence-electron chi connectivity index (χ0n) is 24.1. The van der Waals surface area contributed by atoms with Crippen LogP contribution in [-0.2, 0) is 32.6 Å². The molecule has 0 aromatic heterocycles. The molecule has 0 bridgehead atoms. The van der Waals surface area contributed by atoms with Crippen LogP contribution in [0.15, 0.2) is 83.8 Å². The molecule has 3 aromatic rings. The zero-order valence-corrected chi connectivity index (χ0v) is 24.9. The Balaban J connectivity index is 2.04. The molecule has 0 saturated heterocycles. The van der Waals surface area contributed by atoms with Gasteiger partial charge in [-0.05, 0) is 68.5 Å². The van der Waals surface area contributed by atoms with Crippen molar-refractivity contribution in [2.24, 2.45) is 0 Å². The summed E-state index contributed by atoms with van der Waals surface area (Å²) in [7, 11) is -4.07. The summed E-state index contributed by atoms with van der Waals surface area (Å²) in [6.07, 6.45) is 1.94. The zero-order chi connectivity index (χ0) is 29.3. The minimum absolute atomic E-state index is 0.0510. The number of carbonyl (C=O) groups excluding carboxylic acids is 2. The number of benzene rings is 3. The SMILES string of the molecule is CCc1ccc(N(CC(=O)N(Cc2ccc(C)cc2)[C@@H](CC)C(=O)N[C@H](C)CC)S(=O)(=O)c2ccccc2)cc1. The normalized spacial score (nSPS) is 12.8. The van der Waals surface area contributed by atoms with Gasteiger partial charge in [-0.15, -0.1) is 0 Å². The Morgan fingerprint density at radius 2 is 1.43 bits per heavy atom. The van der Waals surface area contributed by atoms with Gasteiger partial charge in [0.2, 0.25) is 11.8 Å². The fourth-order valence-corrected chi connectivity index (χ4v) is 5.83. The van der Waals surface area contributed by atoms with Gasteiger partial charge in [-0.3, -0.25) is 13.9 Å². The summed E-state index contributed by atoms with van der Waals surface area (Å²) in [5.74, 6) is -0.701. The minimum Gasteiger partial charge on any atom is -0.352 e. The quantitative estimate of drug-likeness (QED) is 0.299. The van der Waals surface area contributed by atoms with E-state index in [1.54, 1.807) is 30.3 Å². The first-order valence-electron chi connectivity index (χ1n) is 13.9. The second kappa shape index (κ2) is 14.1. The summed E-state index contributed by atoms with van der Waals surface area (Å²) < 4.78 is 28.9. The number of aryl methyl sites for hydroxylation is 2. The Bertz CT molecular complexity index is 1360. The van der Waals surface area contributed by atoms with E-state index in [2.05, 4.69) is 5.32 Å². The van der Waals surface area contributed by atoms with Crippen LogP contribution in [0.1, 0.15) is 57.2 Å². The van der Waals surface area contributed by atoms with Gasteiger partial charge < -0.3 is 10.2 Å². The van der Waals surface area contributed by atoms with E-state index in [1.165, 1.54) is 17.0 Å². The molecule has 0 saturated carbocycles. The van der Waals surface area contributed by atoms with Crippen LogP contribution >= 0.6 is 0 Å². The van der Waals surface area contributed by atoms with Crippen LogP contribution in [0.25, 0.3) is 0 Å². The molecule has 3 aromatic carbocycles. The average Bonchev–Trinajstić information content (AvgIpc) is 2.97. The summed E-state index contributed by atoms with van der Waals surface area (Å²) in [4.78, 5) is 29.0. The first-order valence-corrected chi connectivity index (χ1v) is 15.4. The molecule has 0 fully saturated rings. The van der Waals surface area contributed by atoms with Crippen molar-refractivity contribution in [2.45, 2.75) is 77.4 Å². The van der Waals surface area contributed by atoms with E-state index in [0.29, 0.717) is 12.1 Å². The summed E-state index contributed by atoms with van der Waals surface area (Å²) >= 11 is 0. The fraction of sp³-hybridized carbons (Fsp3) is 0.375. The van der Waals surface area contributed by atoms with E-state index in [1.807, 2.05) is 71.0 Å². The Morgan fingerprint density at radius 1 is 0.825 bits per heavy atom. The van der Waals surface area contributed by atoms with Crippen molar-refractivity contribution < 1.29 is 18.0 Å². The predicted molar refractivity (Wildman–Crippen MR) is 160 cm³/mol. The molecule has 40 heavy (non-hydrogen) atoms. The molecule has 0 aliphatic heterocycles. The van der Waals surface area contributed by atoms with Gasteiger partial charge in [0.05, 0.1) is 10.6 Å². The van der Waals surface area contributed by atoms with Crippen molar-refractivity contribution in [3.8, 4) is 0 Å². The van der Waals surface area contributed by atoms with E-state index in [9.17, 15) is 18.0 Å². The highest BCUT2D eigenvalue weighted by molar-refractivity contribution is 7.92. The number of hydrogen-bond acceptors (Lipinski definition) is 4. The number of anilines is 1. The molecule has 2 amide bonds. The number of nitrogens with zero attached hydrogens (tertiary/aromatic N) is 2. The van der Waals surface area contributed by atoms with Crippen LogP contribution in [0, 0.1) is 6.92 Å². The summed E-state index contributed by atoms with van der Waals surface area (Å²) in [6, 6.07) is 22.2. The lowest BCUT2D eigenvalue weighted by atomic mass is 10.1. The maximum absolute atomic E-state index is 14.1. The Hall–Kier alpha value is -3.65. The van der Waals surface area contributed by atoms with Crippen molar-refractivity contribution in [3.63, 3.8) is 0 Å². The number of hydrogen-bond donors (Lipinski definition) is 1. The topological polar surface area (TPSA) is 86.8 Å². The lowest BCUT2D eigenvalue weighted by molar-refractivity contribution is -0.140. The predicted octanol–water partition coefficient (Wildman–Crippen LogP) is 5.47. The molecule has 3 rings (SSSR count). The van der Waals surface area contributed by atoms with Crippen LogP contribution in [0.3, 0.4) is 0 Å². The molecule has 214 valence electrons. The van der Waals surface area contributed by atoms with E-state index in [0.717, 1.165) is 33.8 Å². The number of amides is 2. The molecule has 0 heterocycles. The van der Waals surface area contributed by atoms with E-state index < -0.39 is 28.5 Å². The first-order chi connectivity index (χ1) is 19.1. The van der Waals surface area contributed by atoms with Gasteiger partial charge in [-0.25, -0.2) is 8.42 Å². The molecule has 2 atom stereocenters. The smallest absolute Gasteiger partial charge is 0.264 e. The Kier molecular flexibility index (Phi) is 10.9. The molecule has 7 nitrogen and oxygen atoms in total. The van der Waals surface area contributed by atoms with Crippen LogP contribution in [0.2, 0.25) is 0 Å². The number of carbonyl (C=O) groups is 2. The molecule has 0 spiro atoms. The van der Waals surface area contributed by atoms with Crippen LogP contribution < -0.4 is 9.62 Å². The third-order valence-electron chi connectivity index (χ3n) is 7.10. The molecular formula is C32H41N3O4S. The third kappa shape index (κ3) is 7.72. The van der Waals surface area contributed by atoms with Crippen molar-refractivity contribution in [3.05, 3.63) is 95.6 Å². The number of sulfonamides is 1. The van der Waals surface area contributed by atoms with Gasteiger partial charge in [0, 0.05) is 12.6 Å². The third-order valence-corrected chi connectivity index (χ3v) is 8.89. The molecular weight excluding hydrogens is 522 g/mol. The largest absolute Gasteiger partial charge is 0.352 e. The monoisotopic (exact) mass is 563 g/mol. The standard InChI is InChI=1S/C32H41N3O4S/c1-6-25(5)33-32(37)30(8-3)34(22-27-16-14-24(4)15-17-27)31(36)23-35(28-20-18-26(7-2)19-21-28)40(38,39)29-12-10-9-11-13-29/h9-21,25,30H,6-8,22-23H2,1-5H3,(H,33,37)/t25-,30+/m1/s1. The fourth-order valence-electron chi connectivity index (χ4n) is 4.40. The maximum Gasteiger partial charge on any atom is 0.264 e. The second-order valence-electron chi connectivity index (χ2n) is 10.1. The van der Waals surface area contributed by atoms with Crippen molar-refractivity contribution >= 4 is 27.5 Å². The van der Waals surface area contributed by atoms with Gasteiger partial charge in [0.25, 0.3) is 10.0 Å². The molecule has 0 aliphatic rings. The molecule has 0 unspecified atom stereocenters. The highest BCUT2D eigenvalue weighted by atomic mass is 32.2. The van der Waals surface area contributed by atoms with E-state index in [-0.39, 0.29) is 23.4 Å². The lowest BCUT2D eigenvalue weighted by Crippen LogP contribution is -2.53. The molecule has 0 aliphatic carbocycles. The lowest BCUT2D eigenvalue weighted by Gasteiger charge is -2.33. The summed E-state index contributed by atoms with van der Waals surface area (Å²) in [5, 5.41) is 3.00. The van der Waals surface area contributed by atoms with Gasteiger partial charge in [-0.2, -0.15) is 0 Å². The molecule has 8 heteroatoms. The Labute approximate surface area is 239 Å². The first kappa shape index (κ1) is 30.9. The van der Waals surface area contributed by atoms with Gasteiger partial charge >= 0.3 is 0 Å². The van der Waals surface area contributed by atoms with Crippen molar-refractivity contribution in [1.82, 2.24) is 10.2 Å². The highest BCUT2D eigenvalue weighted by Crippen LogP contribution is 2.25.